The molecule has 1 rings (SSSR count). The minimum absolute atomic E-state index is 0.0504. The minimum Gasteiger partial charge on any atom is -0.356 e. The lowest BCUT2D eigenvalue weighted by Gasteiger charge is -2.02. The van der Waals surface area contributed by atoms with Gasteiger partial charge in [0.15, 0.2) is 0 Å². The van der Waals surface area contributed by atoms with Crippen LogP contribution in [0.15, 0.2) is 23.1 Å². The Hall–Kier alpha value is -1.58. The van der Waals surface area contributed by atoms with Crippen molar-refractivity contribution in [3.63, 3.8) is 0 Å². The number of aromatic amines is 1. The maximum Gasteiger partial charge on any atom is 0.247 e. The first-order chi connectivity index (χ1) is 6.72. The van der Waals surface area contributed by atoms with Gasteiger partial charge in [-0.3, -0.25) is 9.59 Å². The third-order valence-electron chi connectivity index (χ3n) is 1.91. The van der Waals surface area contributed by atoms with Gasteiger partial charge in [0.25, 0.3) is 0 Å². The van der Waals surface area contributed by atoms with Crippen LogP contribution in [-0.4, -0.2) is 17.4 Å². The van der Waals surface area contributed by atoms with Gasteiger partial charge in [-0.05, 0) is 12.0 Å². The summed E-state index contributed by atoms with van der Waals surface area (Å²) in [6.07, 6.45) is 2.91. The molecule has 0 spiro atoms. The largest absolute Gasteiger partial charge is 0.356 e. The third-order valence-corrected chi connectivity index (χ3v) is 1.91. The van der Waals surface area contributed by atoms with Gasteiger partial charge in [0.05, 0.1) is 0 Å². The average Bonchev–Trinajstić information content (AvgIpc) is 2.21. The first-order valence-electron chi connectivity index (χ1n) is 4.66. The molecule has 4 heteroatoms. The van der Waals surface area contributed by atoms with Gasteiger partial charge in [-0.2, -0.15) is 0 Å². The number of carbonyl (C=O) groups is 1. The summed E-state index contributed by atoms with van der Waals surface area (Å²) in [5.74, 6) is 0.0504. The van der Waals surface area contributed by atoms with Gasteiger partial charge in [0.2, 0.25) is 11.5 Å². The lowest BCUT2D eigenvalue weighted by atomic mass is 10.2. The van der Waals surface area contributed by atoms with Gasteiger partial charge in [-0.1, -0.05) is 13.0 Å². The summed E-state index contributed by atoms with van der Waals surface area (Å²) in [5.41, 5.74) is 0.910. The molecular formula is C10H14N2O2. The van der Waals surface area contributed by atoms with Gasteiger partial charge >= 0.3 is 0 Å². The fourth-order valence-corrected chi connectivity index (χ4v) is 1.07. The summed E-state index contributed by atoms with van der Waals surface area (Å²) in [6.45, 7) is 2.42. The molecule has 0 aliphatic heterocycles. The SMILES string of the molecule is CCC(=O)NCCc1ccc(=O)[nH]c1. The zero-order chi connectivity index (χ0) is 10.4. The van der Waals surface area contributed by atoms with Gasteiger partial charge in [-0.25, -0.2) is 0 Å². The molecule has 76 valence electrons. The maximum absolute atomic E-state index is 10.9. The maximum atomic E-state index is 10.9. The number of hydrogen-bond donors (Lipinski definition) is 2. The molecule has 1 amide bonds. The molecule has 0 aliphatic rings. The van der Waals surface area contributed by atoms with Gasteiger partial charge < -0.3 is 10.3 Å². The minimum atomic E-state index is -0.105. The van der Waals surface area contributed by atoms with E-state index in [2.05, 4.69) is 10.3 Å². The zero-order valence-corrected chi connectivity index (χ0v) is 8.17. The Morgan fingerprint density at radius 3 is 2.86 bits per heavy atom. The lowest BCUT2D eigenvalue weighted by Crippen LogP contribution is -2.24. The van der Waals surface area contributed by atoms with Crippen molar-refractivity contribution in [2.45, 2.75) is 19.8 Å². The highest BCUT2D eigenvalue weighted by Crippen LogP contribution is 1.93. The first kappa shape index (κ1) is 10.5. The Labute approximate surface area is 82.3 Å². The molecule has 4 nitrogen and oxygen atoms in total. The van der Waals surface area contributed by atoms with Crippen LogP contribution in [0.3, 0.4) is 0 Å². The van der Waals surface area contributed by atoms with E-state index < -0.39 is 0 Å². The summed E-state index contributed by atoms with van der Waals surface area (Å²) < 4.78 is 0. The van der Waals surface area contributed by atoms with Crippen LogP contribution in [-0.2, 0) is 11.2 Å². The van der Waals surface area contributed by atoms with Crippen molar-refractivity contribution in [2.75, 3.05) is 6.54 Å². The van der Waals surface area contributed by atoms with E-state index in [1.807, 2.05) is 6.92 Å². The highest BCUT2D eigenvalue weighted by atomic mass is 16.1. The van der Waals surface area contributed by atoms with Crippen LogP contribution in [0, 0.1) is 0 Å². The van der Waals surface area contributed by atoms with Crippen LogP contribution in [0.1, 0.15) is 18.9 Å². The normalized spacial score (nSPS) is 9.79. The molecule has 0 fully saturated rings. The predicted octanol–water partition coefficient (Wildman–Crippen LogP) is 0.444. The van der Waals surface area contributed by atoms with E-state index >= 15 is 0 Å². The molecular weight excluding hydrogens is 180 g/mol. The van der Waals surface area contributed by atoms with Crippen molar-refractivity contribution in [2.24, 2.45) is 0 Å². The Morgan fingerprint density at radius 2 is 2.29 bits per heavy atom. The van der Waals surface area contributed by atoms with Gasteiger partial charge in [-0.15, -0.1) is 0 Å². The highest BCUT2D eigenvalue weighted by Gasteiger charge is 1.96. The van der Waals surface area contributed by atoms with E-state index in [1.54, 1.807) is 12.3 Å². The van der Waals surface area contributed by atoms with E-state index in [1.165, 1.54) is 6.07 Å². The molecule has 0 bridgehead atoms. The van der Waals surface area contributed by atoms with Crippen molar-refractivity contribution in [1.82, 2.24) is 10.3 Å². The van der Waals surface area contributed by atoms with E-state index in [0.29, 0.717) is 13.0 Å². The van der Waals surface area contributed by atoms with Crippen molar-refractivity contribution < 1.29 is 4.79 Å². The molecule has 0 aliphatic carbocycles. The Morgan fingerprint density at radius 1 is 1.50 bits per heavy atom. The van der Waals surface area contributed by atoms with Crippen molar-refractivity contribution >= 4 is 5.91 Å². The zero-order valence-electron chi connectivity index (χ0n) is 8.17. The van der Waals surface area contributed by atoms with E-state index in [-0.39, 0.29) is 11.5 Å². The molecule has 1 aromatic heterocycles. The molecule has 0 radical (unpaired) electrons. The van der Waals surface area contributed by atoms with E-state index in [0.717, 1.165) is 12.0 Å². The molecule has 2 N–H and O–H groups in total. The number of H-pyrrole nitrogens is 1. The summed E-state index contributed by atoms with van der Waals surface area (Å²) in [5, 5.41) is 2.76. The highest BCUT2D eigenvalue weighted by molar-refractivity contribution is 5.75. The van der Waals surface area contributed by atoms with Gasteiger partial charge in [0.1, 0.15) is 0 Å². The van der Waals surface area contributed by atoms with Crippen LogP contribution >= 0.6 is 0 Å². The second-order valence-corrected chi connectivity index (χ2v) is 3.01. The number of hydrogen-bond acceptors (Lipinski definition) is 2. The number of aromatic nitrogens is 1. The van der Waals surface area contributed by atoms with Crippen molar-refractivity contribution in [1.29, 1.82) is 0 Å². The summed E-state index contributed by atoms with van der Waals surface area (Å²) in [4.78, 5) is 24.2. The Balaban J connectivity index is 2.35. The molecule has 1 aromatic rings. The van der Waals surface area contributed by atoms with Crippen LogP contribution < -0.4 is 10.9 Å². The fourth-order valence-electron chi connectivity index (χ4n) is 1.07. The number of nitrogens with one attached hydrogen (secondary N) is 2. The average molecular weight is 194 g/mol. The molecule has 0 aromatic carbocycles. The summed E-state index contributed by atoms with van der Waals surface area (Å²) in [7, 11) is 0. The third kappa shape index (κ3) is 3.43. The molecule has 0 saturated heterocycles. The molecule has 0 unspecified atom stereocenters. The smallest absolute Gasteiger partial charge is 0.247 e. The second-order valence-electron chi connectivity index (χ2n) is 3.01. The molecule has 0 saturated carbocycles. The molecule has 14 heavy (non-hydrogen) atoms. The van der Waals surface area contributed by atoms with Crippen LogP contribution in [0.5, 0.6) is 0 Å². The van der Waals surface area contributed by atoms with Crippen molar-refractivity contribution in [3.8, 4) is 0 Å². The Bertz CT molecular complexity index is 337. The summed E-state index contributed by atoms with van der Waals surface area (Å²) >= 11 is 0. The topological polar surface area (TPSA) is 62.0 Å². The second kappa shape index (κ2) is 5.21. The van der Waals surface area contributed by atoms with Crippen LogP contribution in [0.2, 0.25) is 0 Å². The Kier molecular flexibility index (Phi) is 3.91. The first-order valence-corrected chi connectivity index (χ1v) is 4.66. The molecule has 1 heterocycles. The number of pyridine rings is 1. The fraction of sp³-hybridized carbons (Fsp3) is 0.400. The van der Waals surface area contributed by atoms with Crippen molar-refractivity contribution in [3.05, 3.63) is 34.2 Å². The summed E-state index contributed by atoms with van der Waals surface area (Å²) in [6, 6.07) is 3.24. The number of amides is 1. The van der Waals surface area contributed by atoms with Crippen LogP contribution in [0.25, 0.3) is 0 Å². The molecule has 0 atom stereocenters. The quantitative estimate of drug-likeness (QED) is 0.730. The van der Waals surface area contributed by atoms with Gasteiger partial charge in [0, 0.05) is 25.2 Å². The standard InChI is InChI=1S/C10H14N2O2/c1-2-9(13)11-6-5-8-3-4-10(14)12-7-8/h3-4,7H,2,5-6H2,1H3,(H,11,13)(H,12,14). The van der Waals surface area contributed by atoms with Crippen LogP contribution in [0.4, 0.5) is 0 Å². The number of rotatable bonds is 4. The monoisotopic (exact) mass is 194 g/mol. The predicted molar refractivity (Wildman–Crippen MR) is 54.1 cm³/mol. The number of carbonyl (C=O) groups excluding carboxylic acids is 1. The lowest BCUT2D eigenvalue weighted by molar-refractivity contribution is -0.120. The van der Waals surface area contributed by atoms with E-state index in [9.17, 15) is 9.59 Å². The van der Waals surface area contributed by atoms with E-state index in [4.69, 9.17) is 0 Å².